The second-order valence-electron chi connectivity index (χ2n) is 3.44. The van der Waals surface area contributed by atoms with Crippen LogP contribution in [0.1, 0.15) is 26.7 Å². The summed E-state index contributed by atoms with van der Waals surface area (Å²) < 4.78 is 0. The SMILES string of the molecule is CNCCC(=O)N(CCC#N)C(C)C. The largest absolute Gasteiger partial charge is 0.339 e. The Hall–Kier alpha value is -1.08. The third kappa shape index (κ3) is 4.83. The van der Waals surface area contributed by atoms with E-state index in [9.17, 15) is 4.79 Å². The summed E-state index contributed by atoms with van der Waals surface area (Å²) in [5.74, 6) is 0.115. The molecular formula is C10H19N3O. The maximum atomic E-state index is 11.6. The molecule has 0 saturated carbocycles. The van der Waals surface area contributed by atoms with Gasteiger partial charge in [-0.15, -0.1) is 0 Å². The monoisotopic (exact) mass is 197 g/mol. The van der Waals surface area contributed by atoms with E-state index in [2.05, 4.69) is 11.4 Å². The molecule has 14 heavy (non-hydrogen) atoms. The molecule has 0 aromatic heterocycles. The number of amides is 1. The van der Waals surface area contributed by atoms with Gasteiger partial charge in [-0.3, -0.25) is 4.79 Å². The molecule has 1 amide bonds. The molecule has 0 saturated heterocycles. The van der Waals surface area contributed by atoms with Gasteiger partial charge in [0, 0.05) is 25.6 Å². The van der Waals surface area contributed by atoms with Gasteiger partial charge in [0.2, 0.25) is 5.91 Å². The lowest BCUT2D eigenvalue weighted by atomic mass is 10.2. The van der Waals surface area contributed by atoms with E-state index in [1.165, 1.54) is 0 Å². The van der Waals surface area contributed by atoms with Gasteiger partial charge in [0.15, 0.2) is 0 Å². The van der Waals surface area contributed by atoms with Crippen LogP contribution in [-0.2, 0) is 4.79 Å². The van der Waals surface area contributed by atoms with Gasteiger partial charge in [-0.1, -0.05) is 0 Å². The lowest BCUT2D eigenvalue weighted by Gasteiger charge is -2.25. The summed E-state index contributed by atoms with van der Waals surface area (Å²) in [7, 11) is 1.82. The molecule has 80 valence electrons. The Bertz CT molecular complexity index is 208. The van der Waals surface area contributed by atoms with Crippen LogP contribution in [0.3, 0.4) is 0 Å². The highest BCUT2D eigenvalue weighted by atomic mass is 16.2. The summed E-state index contributed by atoms with van der Waals surface area (Å²) in [6, 6.07) is 2.23. The molecule has 0 unspecified atom stereocenters. The molecule has 0 bridgehead atoms. The fourth-order valence-electron chi connectivity index (χ4n) is 1.22. The predicted octanol–water partition coefficient (Wildman–Crippen LogP) is 0.747. The predicted molar refractivity (Wildman–Crippen MR) is 55.6 cm³/mol. The van der Waals surface area contributed by atoms with Crippen molar-refractivity contribution in [3.05, 3.63) is 0 Å². The molecule has 0 rings (SSSR count). The summed E-state index contributed by atoms with van der Waals surface area (Å²) in [6.45, 7) is 5.16. The van der Waals surface area contributed by atoms with E-state index in [1.54, 1.807) is 4.90 Å². The van der Waals surface area contributed by atoms with E-state index in [-0.39, 0.29) is 11.9 Å². The Balaban J connectivity index is 4.06. The van der Waals surface area contributed by atoms with Crippen molar-refractivity contribution in [3.8, 4) is 6.07 Å². The topological polar surface area (TPSA) is 56.1 Å². The Morgan fingerprint density at radius 2 is 2.21 bits per heavy atom. The summed E-state index contributed by atoms with van der Waals surface area (Å²) in [4.78, 5) is 13.4. The van der Waals surface area contributed by atoms with E-state index in [1.807, 2.05) is 20.9 Å². The van der Waals surface area contributed by atoms with Crippen molar-refractivity contribution < 1.29 is 4.79 Å². The average Bonchev–Trinajstić information content (AvgIpc) is 2.14. The van der Waals surface area contributed by atoms with Crippen molar-refractivity contribution in [1.29, 1.82) is 5.26 Å². The van der Waals surface area contributed by atoms with Gasteiger partial charge < -0.3 is 10.2 Å². The van der Waals surface area contributed by atoms with Crippen LogP contribution in [-0.4, -0.2) is 37.0 Å². The van der Waals surface area contributed by atoms with Crippen molar-refractivity contribution >= 4 is 5.91 Å². The van der Waals surface area contributed by atoms with Gasteiger partial charge in [-0.2, -0.15) is 5.26 Å². The van der Waals surface area contributed by atoms with E-state index in [0.29, 0.717) is 25.9 Å². The molecule has 0 aliphatic rings. The fraction of sp³-hybridized carbons (Fsp3) is 0.800. The highest BCUT2D eigenvalue weighted by Crippen LogP contribution is 2.02. The van der Waals surface area contributed by atoms with Crippen molar-refractivity contribution in [1.82, 2.24) is 10.2 Å². The molecular weight excluding hydrogens is 178 g/mol. The molecule has 0 aromatic carbocycles. The molecule has 0 atom stereocenters. The number of nitrogens with zero attached hydrogens (tertiary/aromatic N) is 2. The molecule has 4 heteroatoms. The van der Waals surface area contributed by atoms with Gasteiger partial charge in [0.05, 0.1) is 12.5 Å². The number of nitrogens with one attached hydrogen (secondary N) is 1. The quantitative estimate of drug-likeness (QED) is 0.683. The molecule has 0 radical (unpaired) electrons. The van der Waals surface area contributed by atoms with Gasteiger partial charge in [0.25, 0.3) is 0 Å². The zero-order valence-corrected chi connectivity index (χ0v) is 9.21. The van der Waals surface area contributed by atoms with Crippen LogP contribution in [0.25, 0.3) is 0 Å². The molecule has 0 heterocycles. The van der Waals surface area contributed by atoms with Crippen LogP contribution in [0.2, 0.25) is 0 Å². The Kier molecular flexibility index (Phi) is 6.77. The standard InChI is InChI=1S/C10H19N3O/c1-9(2)13(8-4-6-11)10(14)5-7-12-3/h9,12H,4-5,7-8H2,1-3H3. The number of rotatable bonds is 6. The van der Waals surface area contributed by atoms with Crippen LogP contribution in [0, 0.1) is 11.3 Å². The average molecular weight is 197 g/mol. The van der Waals surface area contributed by atoms with Crippen molar-refractivity contribution in [2.24, 2.45) is 0 Å². The lowest BCUT2D eigenvalue weighted by molar-refractivity contribution is -0.132. The zero-order valence-electron chi connectivity index (χ0n) is 9.21. The number of carbonyl (C=O) groups is 1. The summed E-state index contributed by atoms with van der Waals surface area (Å²) >= 11 is 0. The Morgan fingerprint density at radius 3 is 2.64 bits per heavy atom. The molecule has 0 aromatic rings. The van der Waals surface area contributed by atoms with Crippen molar-refractivity contribution in [2.45, 2.75) is 32.7 Å². The van der Waals surface area contributed by atoms with Gasteiger partial charge >= 0.3 is 0 Å². The number of carbonyl (C=O) groups excluding carboxylic acids is 1. The minimum atomic E-state index is 0.115. The first-order valence-electron chi connectivity index (χ1n) is 4.94. The molecule has 0 fully saturated rings. The fourth-order valence-corrected chi connectivity index (χ4v) is 1.22. The first kappa shape index (κ1) is 12.9. The molecule has 0 aliphatic heterocycles. The van der Waals surface area contributed by atoms with Gasteiger partial charge in [-0.25, -0.2) is 0 Å². The number of hydrogen-bond acceptors (Lipinski definition) is 3. The first-order valence-corrected chi connectivity index (χ1v) is 4.94. The highest BCUT2D eigenvalue weighted by Gasteiger charge is 2.15. The second kappa shape index (κ2) is 7.34. The van der Waals surface area contributed by atoms with E-state index < -0.39 is 0 Å². The normalized spacial score (nSPS) is 9.93. The van der Waals surface area contributed by atoms with Gasteiger partial charge in [-0.05, 0) is 20.9 Å². The zero-order chi connectivity index (χ0) is 11.0. The molecule has 1 N–H and O–H groups in total. The van der Waals surface area contributed by atoms with Crippen molar-refractivity contribution in [2.75, 3.05) is 20.1 Å². The maximum Gasteiger partial charge on any atom is 0.224 e. The van der Waals surface area contributed by atoms with Crippen LogP contribution >= 0.6 is 0 Å². The number of hydrogen-bond donors (Lipinski definition) is 1. The smallest absolute Gasteiger partial charge is 0.224 e. The maximum absolute atomic E-state index is 11.6. The lowest BCUT2D eigenvalue weighted by Crippen LogP contribution is -2.38. The van der Waals surface area contributed by atoms with E-state index >= 15 is 0 Å². The van der Waals surface area contributed by atoms with Crippen LogP contribution in [0.4, 0.5) is 0 Å². The van der Waals surface area contributed by atoms with Crippen LogP contribution < -0.4 is 5.32 Å². The minimum absolute atomic E-state index is 0.115. The first-order chi connectivity index (χ1) is 6.63. The summed E-state index contributed by atoms with van der Waals surface area (Å²) in [5.41, 5.74) is 0. The Morgan fingerprint density at radius 1 is 1.57 bits per heavy atom. The van der Waals surface area contributed by atoms with Crippen LogP contribution in [0.15, 0.2) is 0 Å². The molecule has 4 nitrogen and oxygen atoms in total. The summed E-state index contributed by atoms with van der Waals surface area (Å²) in [6.07, 6.45) is 0.906. The highest BCUT2D eigenvalue weighted by molar-refractivity contribution is 5.76. The minimum Gasteiger partial charge on any atom is -0.339 e. The van der Waals surface area contributed by atoms with E-state index in [4.69, 9.17) is 5.26 Å². The summed E-state index contributed by atoms with van der Waals surface area (Å²) in [5, 5.41) is 11.4. The van der Waals surface area contributed by atoms with E-state index in [0.717, 1.165) is 0 Å². The third-order valence-electron chi connectivity index (χ3n) is 2.00. The third-order valence-corrected chi connectivity index (χ3v) is 2.00. The molecule has 0 spiro atoms. The second-order valence-corrected chi connectivity index (χ2v) is 3.44. The number of nitriles is 1. The molecule has 0 aliphatic carbocycles. The van der Waals surface area contributed by atoms with Gasteiger partial charge in [0.1, 0.15) is 0 Å². The Labute approximate surface area is 85.9 Å². The van der Waals surface area contributed by atoms with Crippen molar-refractivity contribution in [3.63, 3.8) is 0 Å². The van der Waals surface area contributed by atoms with Crippen LogP contribution in [0.5, 0.6) is 0 Å².